The number of hydrogen-bond donors (Lipinski definition) is 0. The molecule has 0 atom stereocenters. The Labute approximate surface area is 82.5 Å². The third-order valence-electron chi connectivity index (χ3n) is 2.01. The van der Waals surface area contributed by atoms with E-state index in [1.165, 1.54) is 5.56 Å². The van der Waals surface area contributed by atoms with Crippen LogP contribution < -0.4 is 0 Å². The minimum absolute atomic E-state index is 0.538. The van der Waals surface area contributed by atoms with E-state index in [1.54, 1.807) is 17.1 Å². The third-order valence-corrected chi connectivity index (χ3v) is 2.01. The Kier molecular flexibility index (Phi) is 2.04. The monoisotopic (exact) mass is 183 g/mol. The van der Waals surface area contributed by atoms with E-state index >= 15 is 0 Å². The summed E-state index contributed by atoms with van der Waals surface area (Å²) >= 11 is 0. The first kappa shape index (κ1) is 8.52. The molecule has 0 aliphatic rings. The summed E-state index contributed by atoms with van der Waals surface area (Å²) in [5, 5.41) is 0. The SMILES string of the molecule is [C-]#[N+]c1cncn1-c1cccc(C)c1. The van der Waals surface area contributed by atoms with Crippen LogP contribution in [0.4, 0.5) is 5.82 Å². The van der Waals surface area contributed by atoms with Gasteiger partial charge in [-0.3, -0.25) is 0 Å². The van der Waals surface area contributed by atoms with Crippen molar-refractivity contribution >= 4 is 5.82 Å². The van der Waals surface area contributed by atoms with E-state index in [1.807, 2.05) is 31.2 Å². The Morgan fingerprint density at radius 3 is 3.00 bits per heavy atom. The highest BCUT2D eigenvalue weighted by Crippen LogP contribution is 2.18. The molecule has 0 saturated heterocycles. The van der Waals surface area contributed by atoms with Gasteiger partial charge in [0.05, 0.1) is 6.20 Å². The number of nitrogens with zero attached hydrogens (tertiary/aromatic N) is 3. The van der Waals surface area contributed by atoms with Gasteiger partial charge in [-0.25, -0.2) is 9.55 Å². The van der Waals surface area contributed by atoms with Crippen molar-refractivity contribution < 1.29 is 0 Å². The predicted molar refractivity (Wildman–Crippen MR) is 54.6 cm³/mol. The van der Waals surface area contributed by atoms with Gasteiger partial charge in [0.15, 0.2) is 6.33 Å². The molecule has 0 radical (unpaired) electrons. The number of benzene rings is 1. The van der Waals surface area contributed by atoms with Crippen molar-refractivity contribution in [2.45, 2.75) is 6.92 Å². The number of imidazole rings is 1. The van der Waals surface area contributed by atoms with Gasteiger partial charge in [0.25, 0.3) is 5.82 Å². The molecule has 0 spiro atoms. The fraction of sp³-hybridized carbons (Fsp3) is 0.0909. The first-order chi connectivity index (χ1) is 6.81. The molecule has 3 heteroatoms. The largest absolute Gasteiger partial charge is 0.362 e. The smallest absolute Gasteiger partial charge is 0.254 e. The van der Waals surface area contributed by atoms with Crippen molar-refractivity contribution in [3.05, 3.63) is 53.8 Å². The van der Waals surface area contributed by atoms with Gasteiger partial charge >= 0.3 is 0 Å². The lowest BCUT2D eigenvalue weighted by Crippen LogP contribution is -1.90. The zero-order valence-electron chi connectivity index (χ0n) is 7.81. The van der Waals surface area contributed by atoms with Crippen LogP contribution >= 0.6 is 0 Å². The maximum Gasteiger partial charge on any atom is 0.254 e. The summed E-state index contributed by atoms with van der Waals surface area (Å²) < 4.78 is 1.78. The molecule has 3 nitrogen and oxygen atoms in total. The van der Waals surface area contributed by atoms with Gasteiger partial charge in [0.1, 0.15) is 5.69 Å². The maximum absolute atomic E-state index is 6.97. The fourth-order valence-electron chi connectivity index (χ4n) is 1.35. The second-order valence-corrected chi connectivity index (χ2v) is 3.07. The number of aryl methyl sites for hydroxylation is 1. The Hall–Kier alpha value is -2.08. The molecule has 0 saturated carbocycles. The van der Waals surface area contributed by atoms with Crippen LogP contribution in [0, 0.1) is 13.5 Å². The molecule has 0 unspecified atom stereocenters. The zero-order valence-corrected chi connectivity index (χ0v) is 7.81. The van der Waals surface area contributed by atoms with Crippen molar-refractivity contribution in [1.29, 1.82) is 0 Å². The van der Waals surface area contributed by atoms with Crippen LogP contribution in [-0.2, 0) is 0 Å². The van der Waals surface area contributed by atoms with Crippen molar-refractivity contribution in [1.82, 2.24) is 9.55 Å². The van der Waals surface area contributed by atoms with Crippen LogP contribution in [0.2, 0.25) is 0 Å². The summed E-state index contributed by atoms with van der Waals surface area (Å²) in [5.41, 5.74) is 2.15. The van der Waals surface area contributed by atoms with Crippen LogP contribution in [0.15, 0.2) is 36.8 Å². The molecule has 0 aliphatic carbocycles. The Morgan fingerprint density at radius 1 is 1.43 bits per heavy atom. The molecule has 0 aliphatic heterocycles. The van der Waals surface area contributed by atoms with Crippen LogP contribution in [0.25, 0.3) is 10.5 Å². The Morgan fingerprint density at radius 2 is 2.29 bits per heavy atom. The molecule has 0 amide bonds. The highest BCUT2D eigenvalue weighted by molar-refractivity contribution is 5.46. The van der Waals surface area contributed by atoms with Crippen molar-refractivity contribution in [3.8, 4) is 5.69 Å². The standard InChI is InChI=1S/C11H9N3/c1-9-4-3-5-10(6-9)14-8-13-7-11(14)12-2/h3-8H,1H3. The summed E-state index contributed by atoms with van der Waals surface area (Å²) in [4.78, 5) is 7.34. The molecular formula is C11H9N3. The first-order valence-electron chi connectivity index (χ1n) is 4.28. The van der Waals surface area contributed by atoms with E-state index in [9.17, 15) is 0 Å². The molecule has 2 aromatic rings. The van der Waals surface area contributed by atoms with Gasteiger partial charge in [-0.15, -0.1) is 0 Å². The summed E-state index contributed by atoms with van der Waals surface area (Å²) in [6, 6.07) is 7.98. The summed E-state index contributed by atoms with van der Waals surface area (Å²) in [6.45, 7) is 8.99. The number of rotatable bonds is 1. The fourth-order valence-corrected chi connectivity index (χ4v) is 1.35. The molecule has 68 valence electrons. The molecule has 1 heterocycles. The molecule has 1 aromatic carbocycles. The Bertz CT molecular complexity index is 491. The first-order valence-corrected chi connectivity index (χ1v) is 4.28. The lowest BCUT2D eigenvalue weighted by Gasteiger charge is -2.00. The van der Waals surface area contributed by atoms with Gasteiger partial charge in [-0.2, -0.15) is 0 Å². The molecule has 0 N–H and O–H groups in total. The number of hydrogen-bond acceptors (Lipinski definition) is 1. The lowest BCUT2D eigenvalue weighted by molar-refractivity contribution is 1.07. The van der Waals surface area contributed by atoms with Crippen molar-refractivity contribution in [3.63, 3.8) is 0 Å². The predicted octanol–water partition coefficient (Wildman–Crippen LogP) is 2.73. The number of aromatic nitrogens is 2. The van der Waals surface area contributed by atoms with E-state index < -0.39 is 0 Å². The molecule has 0 fully saturated rings. The molecule has 0 bridgehead atoms. The van der Waals surface area contributed by atoms with Crippen LogP contribution in [0.5, 0.6) is 0 Å². The zero-order chi connectivity index (χ0) is 9.97. The van der Waals surface area contributed by atoms with E-state index in [4.69, 9.17) is 6.57 Å². The molecular weight excluding hydrogens is 174 g/mol. The van der Waals surface area contributed by atoms with E-state index in [0.717, 1.165) is 5.69 Å². The van der Waals surface area contributed by atoms with Gasteiger partial charge in [0, 0.05) is 0 Å². The summed E-state index contributed by atoms with van der Waals surface area (Å²) in [5.74, 6) is 0.538. The van der Waals surface area contributed by atoms with E-state index in [-0.39, 0.29) is 0 Å². The second-order valence-electron chi connectivity index (χ2n) is 3.07. The highest BCUT2D eigenvalue weighted by Gasteiger charge is 2.04. The maximum atomic E-state index is 6.97. The summed E-state index contributed by atoms with van der Waals surface area (Å²) in [7, 11) is 0. The van der Waals surface area contributed by atoms with Gasteiger partial charge in [0.2, 0.25) is 0 Å². The average Bonchev–Trinajstić information content (AvgIpc) is 2.65. The highest BCUT2D eigenvalue weighted by atomic mass is 15.1. The van der Waals surface area contributed by atoms with Crippen LogP contribution in [-0.4, -0.2) is 9.55 Å². The Balaban J connectivity index is 2.56. The molecule has 1 aromatic heterocycles. The van der Waals surface area contributed by atoms with Gasteiger partial charge < -0.3 is 4.85 Å². The molecule has 2 rings (SSSR count). The van der Waals surface area contributed by atoms with Crippen LogP contribution in [0.3, 0.4) is 0 Å². The normalized spacial score (nSPS) is 9.71. The minimum atomic E-state index is 0.538. The van der Waals surface area contributed by atoms with Gasteiger partial charge in [-0.1, -0.05) is 18.7 Å². The lowest BCUT2D eigenvalue weighted by atomic mass is 10.2. The minimum Gasteiger partial charge on any atom is -0.362 e. The second kappa shape index (κ2) is 3.35. The average molecular weight is 183 g/mol. The van der Waals surface area contributed by atoms with Crippen molar-refractivity contribution in [2.75, 3.05) is 0 Å². The van der Waals surface area contributed by atoms with Crippen molar-refractivity contribution in [2.24, 2.45) is 0 Å². The topological polar surface area (TPSA) is 22.2 Å². The van der Waals surface area contributed by atoms with Crippen LogP contribution in [0.1, 0.15) is 5.56 Å². The van der Waals surface area contributed by atoms with Gasteiger partial charge in [-0.05, 0) is 24.6 Å². The summed E-state index contributed by atoms with van der Waals surface area (Å²) in [6.07, 6.45) is 3.22. The van der Waals surface area contributed by atoms with E-state index in [0.29, 0.717) is 5.82 Å². The molecule has 14 heavy (non-hydrogen) atoms. The quantitative estimate of drug-likeness (QED) is 0.623. The third kappa shape index (κ3) is 1.38. The van der Waals surface area contributed by atoms with E-state index in [2.05, 4.69) is 9.83 Å².